The number of hydrogen-bond donors (Lipinski definition) is 4. The van der Waals surface area contributed by atoms with Crippen LogP contribution in [0.3, 0.4) is 0 Å². The normalized spacial score (nSPS) is 17.2. The van der Waals surface area contributed by atoms with E-state index in [2.05, 4.69) is 27.6 Å². The molecule has 1 unspecified atom stereocenters. The first kappa shape index (κ1) is 23.9. The highest BCUT2D eigenvalue weighted by atomic mass is 16.2. The zero-order chi connectivity index (χ0) is 27.4. The largest absolute Gasteiger partial charge is 0.321 e. The molecule has 7 rings (SSSR count). The number of para-hydroxylation sites is 4. The Balaban J connectivity index is 1.64. The standard InChI is InChI=1S/C32H26N6O2/c33-35-30(39)20-17-21(37-26-13-5-1-9-22(26)23-10-2-6-14-27(23)37)19-32(18-20,31(40)36-34)38-28-15-7-3-11-24(28)25-12-4-8-16-29(25)38/h1-17,19H,18,33-34H2,(H,35,39)(H,36,40). The van der Waals surface area contributed by atoms with Crippen molar-refractivity contribution in [3.63, 3.8) is 0 Å². The van der Waals surface area contributed by atoms with Crippen molar-refractivity contribution in [2.45, 2.75) is 12.0 Å². The monoisotopic (exact) mass is 526 g/mol. The fourth-order valence-electron chi connectivity index (χ4n) is 6.29. The number of nitrogens with two attached hydrogens (primary N) is 2. The third kappa shape index (κ3) is 3.27. The lowest BCUT2D eigenvalue weighted by atomic mass is 9.83. The van der Waals surface area contributed by atoms with Crippen LogP contribution in [-0.2, 0) is 15.1 Å². The number of carbonyl (C=O) groups excluding carboxylic acids is 2. The molecule has 1 aliphatic rings. The number of hydrazine groups is 2. The highest BCUT2D eigenvalue weighted by molar-refractivity contribution is 6.13. The van der Waals surface area contributed by atoms with Crippen LogP contribution in [0.4, 0.5) is 0 Å². The third-order valence-electron chi connectivity index (χ3n) is 7.93. The van der Waals surface area contributed by atoms with Gasteiger partial charge in [0.05, 0.1) is 22.1 Å². The van der Waals surface area contributed by atoms with Crippen LogP contribution in [0, 0.1) is 0 Å². The molecule has 0 bridgehead atoms. The number of allylic oxidation sites excluding steroid dienone is 2. The molecule has 8 heteroatoms. The Hall–Kier alpha value is -5.18. The summed E-state index contributed by atoms with van der Waals surface area (Å²) in [6.07, 6.45) is 3.76. The van der Waals surface area contributed by atoms with Gasteiger partial charge in [0, 0.05) is 39.2 Å². The highest BCUT2D eigenvalue weighted by Crippen LogP contribution is 2.43. The summed E-state index contributed by atoms with van der Waals surface area (Å²) in [5, 5.41) is 4.11. The topological polar surface area (TPSA) is 120 Å². The van der Waals surface area contributed by atoms with Crippen molar-refractivity contribution in [3.8, 4) is 0 Å². The van der Waals surface area contributed by atoms with Gasteiger partial charge in [-0.05, 0) is 36.4 Å². The maximum atomic E-state index is 14.1. The van der Waals surface area contributed by atoms with E-state index in [0.717, 1.165) is 43.6 Å². The first-order valence-corrected chi connectivity index (χ1v) is 13.0. The number of nitrogens with one attached hydrogen (secondary N) is 2. The van der Waals surface area contributed by atoms with Crippen molar-refractivity contribution in [2.75, 3.05) is 0 Å². The predicted molar refractivity (Wildman–Crippen MR) is 158 cm³/mol. The van der Waals surface area contributed by atoms with Crippen LogP contribution in [-0.4, -0.2) is 20.9 Å². The summed E-state index contributed by atoms with van der Waals surface area (Å²) < 4.78 is 4.07. The lowest BCUT2D eigenvalue weighted by molar-refractivity contribution is -0.127. The van der Waals surface area contributed by atoms with Gasteiger partial charge in [-0.3, -0.25) is 20.4 Å². The van der Waals surface area contributed by atoms with Crippen molar-refractivity contribution in [2.24, 2.45) is 11.7 Å². The van der Waals surface area contributed by atoms with Crippen LogP contribution in [0.15, 0.2) is 115 Å². The fraction of sp³-hybridized carbons (Fsp3) is 0.0625. The second-order valence-electron chi connectivity index (χ2n) is 10.0. The molecule has 0 saturated carbocycles. The summed E-state index contributed by atoms with van der Waals surface area (Å²) in [6, 6.07) is 32.0. The maximum Gasteiger partial charge on any atom is 0.264 e. The number of nitrogens with zero attached hydrogens (tertiary/aromatic N) is 2. The molecule has 1 aliphatic carbocycles. The van der Waals surface area contributed by atoms with Crippen molar-refractivity contribution >= 4 is 61.1 Å². The van der Waals surface area contributed by atoms with Crippen LogP contribution < -0.4 is 22.5 Å². The Morgan fingerprint density at radius 2 is 1.10 bits per heavy atom. The molecule has 0 spiro atoms. The maximum absolute atomic E-state index is 14.1. The highest BCUT2D eigenvalue weighted by Gasteiger charge is 2.44. The van der Waals surface area contributed by atoms with E-state index < -0.39 is 17.4 Å². The summed E-state index contributed by atoms with van der Waals surface area (Å²) in [6.45, 7) is 0. The molecule has 4 aromatic carbocycles. The number of hydrogen-bond acceptors (Lipinski definition) is 4. The van der Waals surface area contributed by atoms with Crippen LogP contribution in [0.1, 0.15) is 6.42 Å². The zero-order valence-corrected chi connectivity index (χ0v) is 21.5. The number of fused-ring (bicyclic) bond motifs is 6. The van der Waals surface area contributed by atoms with Crippen LogP contribution in [0.5, 0.6) is 0 Å². The third-order valence-corrected chi connectivity index (χ3v) is 7.93. The van der Waals surface area contributed by atoms with E-state index in [1.165, 1.54) is 0 Å². The lowest BCUT2D eigenvalue weighted by Crippen LogP contribution is -2.52. The second kappa shape index (κ2) is 8.94. The SMILES string of the molecule is NNC(=O)C1=CC(n2c3ccccc3c3ccccc32)=CC(C(=O)NN)(n2c3ccccc3c3ccccc32)C1. The van der Waals surface area contributed by atoms with E-state index in [4.69, 9.17) is 11.7 Å². The number of aromatic nitrogens is 2. The molecule has 0 saturated heterocycles. The molecule has 196 valence electrons. The minimum absolute atomic E-state index is 0.0440. The summed E-state index contributed by atoms with van der Waals surface area (Å²) in [7, 11) is 0. The lowest BCUT2D eigenvalue weighted by Gasteiger charge is -2.36. The van der Waals surface area contributed by atoms with E-state index in [1.807, 2.05) is 95.6 Å². The van der Waals surface area contributed by atoms with Gasteiger partial charge in [0.25, 0.3) is 11.8 Å². The molecule has 6 aromatic rings. The first-order valence-electron chi connectivity index (χ1n) is 13.0. The minimum atomic E-state index is -1.39. The molecule has 2 heterocycles. The van der Waals surface area contributed by atoms with Gasteiger partial charge in [0.15, 0.2) is 0 Å². The van der Waals surface area contributed by atoms with Gasteiger partial charge in [-0.2, -0.15) is 0 Å². The van der Waals surface area contributed by atoms with E-state index in [9.17, 15) is 9.59 Å². The molecule has 40 heavy (non-hydrogen) atoms. The smallest absolute Gasteiger partial charge is 0.264 e. The summed E-state index contributed by atoms with van der Waals surface area (Å²) >= 11 is 0. The number of benzene rings is 4. The van der Waals surface area contributed by atoms with Gasteiger partial charge in [0.2, 0.25) is 0 Å². The summed E-state index contributed by atoms with van der Waals surface area (Å²) in [5.74, 6) is 10.6. The first-order chi connectivity index (χ1) is 19.6. The van der Waals surface area contributed by atoms with Gasteiger partial charge < -0.3 is 9.13 Å². The van der Waals surface area contributed by atoms with Crippen molar-refractivity contribution < 1.29 is 9.59 Å². The summed E-state index contributed by atoms with van der Waals surface area (Å²) in [5.41, 5.74) is 7.89. The Kier molecular flexibility index (Phi) is 5.34. The van der Waals surface area contributed by atoms with E-state index in [-0.39, 0.29) is 6.42 Å². The Morgan fingerprint density at radius 3 is 1.57 bits per heavy atom. The van der Waals surface area contributed by atoms with E-state index in [0.29, 0.717) is 11.3 Å². The Bertz CT molecular complexity index is 1960. The van der Waals surface area contributed by atoms with E-state index >= 15 is 0 Å². The summed E-state index contributed by atoms with van der Waals surface area (Å²) in [4.78, 5) is 27.3. The average Bonchev–Trinajstić information content (AvgIpc) is 3.53. The predicted octanol–water partition coefficient (Wildman–Crippen LogP) is 4.45. The van der Waals surface area contributed by atoms with Crippen molar-refractivity contribution in [1.82, 2.24) is 20.0 Å². The van der Waals surface area contributed by atoms with Gasteiger partial charge in [-0.1, -0.05) is 72.8 Å². The van der Waals surface area contributed by atoms with Gasteiger partial charge >= 0.3 is 0 Å². The van der Waals surface area contributed by atoms with Crippen LogP contribution in [0.2, 0.25) is 0 Å². The van der Waals surface area contributed by atoms with Gasteiger partial charge in [0.1, 0.15) is 5.54 Å². The Morgan fingerprint density at radius 1 is 0.650 bits per heavy atom. The van der Waals surface area contributed by atoms with Gasteiger partial charge in [-0.25, -0.2) is 11.7 Å². The van der Waals surface area contributed by atoms with Crippen LogP contribution >= 0.6 is 0 Å². The Labute approximate surface area is 229 Å². The molecule has 0 fully saturated rings. The van der Waals surface area contributed by atoms with Crippen molar-refractivity contribution in [3.05, 3.63) is 115 Å². The second-order valence-corrected chi connectivity index (χ2v) is 10.0. The average molecular weight is 527 g/mol. The van der Waals surface area contributed by atoms with Crippen molar-refractivity contribution in [1.29, 1.82) is 0 Å². The molecule has 8 nitrogen and oxygen atoms in total. The molecular weight excluding hydrogens is 500 g/mol. The molecule has 2 amide bonds. The van der Waals surface area contributed by atoms with Gasteiger partial charge in [-0.15, -0.1) is 0 Å². The number of carbonyl (C=O) groups is 2. The molecule has 6 N–H and O–H groups in total. The number of amides is 2. The number of rotatable bonds is 4. The quantitative estimate of drug-likeness (QED) is 0.154. The minimum Gasteiger partial charge on any atom is -0.321 e. The molecule has 1 atom stereocenters. The molecule has 2 aromatic heterocycles. The molecule has 0 radical (unpaired) electrons. The van der Waals surface area contributed by atoms with Crippen LogP contribution in [0.25, 0.3) is 49.3 Å². The fourth-order valence-corrected chi connectivity index (χ4v) is 6.29. The zero-order valence-electron chi connectivity index (χ0n) is 21.5. The molecular formula is C32H26N6O2. The van der Waals surface area contributed by atoms with E-state index in [1.54, 1.807) is 6.08 Å². The molecule has 0 aliphatic heterocycles.